The van der Waals surface area contributed by atoms with Crippen LogP contribution in [-0.4, -0.2) is 87.0 Å². The van der Waals surface area contributed by atoms with Crippen molar-refractivity contribution in [1.29, 1.82) is 0 Å². The molecule has 0 amide bonds. The Hall–Kier alpha value is 0.540. The molecule has 6 heteroatoms. The molecule has 100 valence electrons. The number of nitrogens with zero attached hydrogens (tertiary/aromatic N) is 5. The SMILES string of the molecule is C[N](C)[Nb]([N](C)C)([N](C)C)([N](C)C)[N](C)C. The van der Waals surface area contributed by atoms with Crippen LogP contribution in [0.2, 0.25) is 0 Å². The summed E-state index contributed by atoms with van der Waals surface area (Å²) in [6, 6.07) is 0. The molecule has 0 heterocycles. The molecule has 0 saturated carbocycles. The minimum atomic E-state index is -3.51. The van der Waals surface area contributed by atoms with E-state index in [1.807, 2.05) is 0 Å². The summed E-state index contributed by atoms with van der Waals surface area (Å²) in [6.45, 7) is 0. The van der Waals surface area contributed by atoms with Gasteiger partial charge in [0.15, 0.2) is 0 Å². The van der Waals surface area contributed by atoms with E-state index >= 15 is 0 Å². The maximum absolute atomic E-state index is 3.51. The Bertz CT molecular complexity index is 173. The van der Waals surface area contributed by atoms with Crippen LogP contribution in [-0.2, 0) is 17.1 Å². The van der Waals surface area contributed by atoms with Gasteiger partial charge in [-0.05, 0) is 0 Å². The van der Waals surface area contributed by atoms with E-state index in [4.69, 9.17) is 0 Å². The molecular weight excluding hydrogens is 283 g/mol. The second-order valence-corrected chi connectivity index (χ2v) is 19.4. The molecule has 0 aliphatic heterocycles. The molecular formula is C10H30N5Nb. The van der Waals surface area contributed by atoms with Gasteiger partial charge in [-0.15, -0.1) is 0 Å². The quantitative estimate of drug-likeness (QED) is 0.665. The predicted octanol–water partition coefficient (Wildman–Crippen LogP) is 0.0590. The molecule has 0 unspecified atom stereocenters. The molecule has 0 fully saturated rings. The van der Waals surface area contributed by atoms with Gasteiger partial charge in [0, 0.05) is 0 Å². The molecule has 0 aliphatic rings. The van der Waals surface area contributed by atoms with Gasteiger partial charge in [-0.25, -0.2) is 0 Å². The molecule has 0 aromatic carbocycles. The molecule has 0 spiro atoms. The van der Waals surface area contributed by atoms with Crippen LogP contribution in [0, 0.1) is 0 Å². The zero-order valence-electron chi connectivity index (χ0n) is 12.7. The summed E-state index contributed by atoms with van der Waals surface area (Å²) in [5, 5.41) is 0. The Kier molecular flexibility index (Phi) is 5.21. The zero-order valence-corrected chi connectivity index (χ0v) is 14.9. The first-order chi connectivity index (χ1) is 7.06. The molecule has 0 aliphatic carbocycles. The van der Waals surface area contributed by atoms with Gasteiger partial charge >= 0.3 is 104 Å². The van der Waals surface area contributed by atoms with Gasteiger partial charge in [-0.1, -0.05) is 0 Å². The Balaban J connectivity index is 6.16. The molecule has 16 heavy (non-hydrogen) atoms. The summed E-state index contributed by atoms with van der Waals surface area (Å²) >= 11 is -3.51. The Morgan fingerprint density at radius 3 is 0.500 bits per heavy atom. The van der Waals surface area contributed by atoms with E-state index in [0.29, 0.717) is 0 Å². The summed E-state index contributed by atoms with van der Waals surface area (Å²) in [5.74, 6) is 0. The first-order valence-electron chi connectivity index (χ1n) is 5.47. The van der Waals surface area contributed by atoms with Crippen molar-refractivity contribution in [3.63, 3.8) is 0 Å². The Morgan fingerprint density at radius 1 is 0.375 bits per heavy atom. The van der Waals surface area contributed by atoms with Crippen LogP contribution in [0.5, 0.6) is 0 Å². The van der Waals surface area contributed by atoms with E-state index in [1.54, 1.807) is 0 Å². The summed E-state index contributed by atoms with van der Waals surface area (Å²) < 4.78 is 12.0. The van der Waals surface area contributed by atoms with Crippen molar-refractivity contribution in [2.45, 2.75) is 0 Å². The molecule has 0 N–H and O–H groups in total. The van der Waals surface area contributed by atoms with E-state index in [1.165, 1.54) is 0 Å². The van der Waals surface area contributed by atoms with Crippen LogP contribution in [0.25, 0.3) is 0 Å². The van der Waals surface area contributed by atoms with Gasteiger partial charge in [0.2, 0.25) is 0 Å². The minimum absolute atomic E-state index is 2.18. The topological polar surface area (TPSA) is 16.2 Å². The van der Waals surface area contributed by atoms with Crippen molar-refractivity contribution >= 4 is 0 Å². The van der Waals surface area contributed by atoms with Crippen molar-refractivity contribution in [1.82, 2.24) is 16.5 Å². The molecule has 0 radical (unpaired) electrons. The van der Waals surface area contributed by atoms with Crippen molar-refractivity contribution in [2.75, 3.05) is 70.5 Å². The number of hydrogen-bond acceptors (Lipinski definition) is 5. The fraction of sp³-hybridized carbons (Fsp3) is 1.00. The summed E-state index contributed by atoms with van der Waals surface area (Å²) in [4.78, 5) is 0. The Morgan fingerprint density at radius 2 is 0.500 bits per heavy atom. The van der Waals surface area contributed by atoms with Crippen LogP contribution >= 0.6 is 0 Å². The van der Waals surface area contributed by atoms with Crippen LogP contribution in [0.1, 0.15) is 0 Å². The average molecular weight is 313 g/mol. The third-order valence-corrected chi connectivity index (χ3v) is 21.2. The number of rotatable bonds is 5. The van der Waals surface area contributed by atoms with Gasteiger partial charge in [-0.2, -0.15) is 0 Å². The van der Waals surface area contributed by atoms with Gasteiger partial charge in [-0.3, -0.25) is 0 Å². The van der Waals surface area contributed by atoms with Crippen LogP contribution in [0.15, 0.2) is 0 Å². The van der Waals surface area contributed by atoms with Gasteiger partial charge in [0.25, 0.3) is 0 Å². The van der Waals surface area contributed by atoms with E-state index in [0.717, 1.165) is 0 Å². The fourth-order valence-electron chi connectivity index (χ4n) is 3.58. The van der Waals surface area contributed by atoms with Crippen LogP contribution in [0.4, 0.5) is 0 Å². The standard InChI is InChI=1S/5C2H6N.Nb/c5*1-3-2;/h5*1-2H3;/q5*-1;+5. The summed E-state index contributed by atoms with van der Waals surface area (Å²) in [5.41, 5.74) is 0. The predicted molar refractivity (Wildman–Crippen MR) is 68.4 cm³/mol. The van der Waals surface area contributed by atoms with Crippen LogP contribution in [0.3, 0.4) is 0 Å². The third-order valence-electron chi connectivity index (χ3n) is 3.58. The first-order valence-corrected chi connectivity index (χ1v) is 10.4. The monoisotopic (exact) mass is 313 g/mol. The molecule has 0 aromatic heterocycles. The van der Waals surface area contributed by atoms with Crippen molar-refractivity contribution in [3.05, 3.63) is 0 Å². The number of hydrogen-bond donors (Lipinski definition) is 0. The molecule has 0 atom stereocenters. The maximum atomic E-state index is 2.41. The molecule has 5 nitrogen and oxygen atoms in total. The van der Waals surface area contributed by atoms with Crippen molar-refractivity contribution in [3.8, 4) is 0 Å². The third kappa shape index (κ3) is 1.62. The summed E-state index contributed by atoms with van der Waals surface area (Å²) in [6.07, 6.45) is 0. The second-order valence-electron chi connectivity index (χ2n) is 5.13. The van der Waals surface area contributed by atoms with E-state index < -0.39 is 17.1 Å². The van der Waals surface area contributed by atoms with Gasteiger partial charge in [0.1, 0.15) is 0 Å². The molecule has 0 rings (SSSR count). The zero-order chi connectivity index (χ0) is 13.3. The van der Waals surface area contributed by atoms with Gasteiger partial charge in [0.05, 0.1) is 0 Å². The van der Waals surface area contributed by atoms with Crippen LogP contribution < -0.4 is 0 Å². The average Bonchev–Trinajstić information content (AvgIpc) is 2.00. The Labute approximate surface area is 104 Å². The molecule has 0 aromatic rings. The molecule has 0 saturated heterocycles. The summed E-state index contributed by atoms with van der Waals surface area (Å²) in [7, 11) is 21.8. The van der Waals surface area contributed by atoms with Gasteiger partial charge < -0.3 is 0 Å². The second kappa shape index (κ2) is 5.04. The van der Waals surface area contributed by atoms with E-state index in [9.17, 15) is 0 Å². The van der Waals surface area contributed by atoms with Crippen molar-refractivity contribution in [2.24, 2.45) is 0 Å². The molecule has 0 bridgehead atoms. The van der Waals surface area contributed by atoms with Crippen molar-refractivity contribution < 1.29 is 17.1 Å². The van der Waals surface area contributed by atoms with E-state index in [-0.39, 0.29) is 0 Å². The van der Waals surface area contributed by atoms with E-state index in [2.05, 4.69) is 87.0 Å². The normalized spacial score (nSPS) is 16.6. The fourth-order valence-corrected chi connectivity index (χ4v) is 21.2. The first kappa shape index (κ1) is 16.5.